The Labute approximate surface area is 113 Å². The average Bonchev–Trinajstić information content (AvgIpc) is 2.47. The van der Waals surface area contributed by atoms with E-state index >= 15 is 0 Å². The summed E-state index contributed by atoms with van der Waals surface area (Å²) in [7, 11) is 0. The molecule has 1 aliphatic carbocycles. The molecule has 0 aromatic rings. The lowest BCUT2D eigenvalue weighted by Gasteiger charge is -2.20. The lowest BCUT2D eigenvalue weighted by Crippen LogP contribution is -2.17. The smallest absolute Gasteiger partial charge is 0.219 e. The Hall–Kier alpha value is -0.960. The molecule has 0 saturated heterocycles. The van der Waals surface area contributed by atoms with Crippen molar-refractivity contribution in [3.8, 4) is 0 Å². The first kappa shape index (κ1) is 13.5. The van der Waals surface area contributed by atoms with E-state index in [1.54, 1.807) is 6.92 Å². The number of rotatable bonds is 1. The van der Waals surface area contributed by atoms with Gasteiger partial charge in [-0.2, -0.15) is 0 Å². The number of hydrogen-bond acceptors (Lipinski definition) is 3. The van der Waals surface area contributed by atoms with Gasteiger partial charge in [0.1, 0.15) is 5.76 Å². The van der Waals surface area contributed by atoms with Crippen molar-refractivity contribution in [1.29, 1.82) is 0 Å². The molecule has 1 atom stereocenters. The SMILES string of the molecule is CC1=C(O)[C@@](C)(/C=C2/C=C\CCCCC2)SC1=O. The van der Waals surface area contributed by atoms with E-state index in [4.69, 9.17) is 0 Å². The molecule has 0 unspecified atom stereocenters. The zero-order valence-corrected chi connectivity index (χ0v) is 11.8. The second kappa shape index (κ2) is 5.35. The van der Waals surface area contributed by atoms with Gasteiger partial charge in [-0.3, -0.25) is 4.79 Å². The van der Waals surface area contributed by atoms with Crippen LogP contribution in [0.15, 0.2) is 35.1 Å². The predicted octanol–water partition coefficient (Wildman–Crippen LogP) is 4.30. The largest absolute Gasteiger partial charge is 0.510 e. The quantitative estimate of drug-likeness (QED) is 0.767. The van der Waals surface area contributed by atoms with E-state index in [0.29, 0.717) is 5.57 Å². The third-order valence-electron chi connectivity index (χ3n) is 3.57. The van der Waals surface area contributed by atoms with Crippen molar-refractivity contribution < 1.29 is 9.90 Å². The van der Waals surface area contributed by atoms with Crippen LogP contribution in [0.3, 0.4) is 0 Å². The highest BCUT2D eigenvalue weighted by Crippen LogP contribution is 2.44. The van der Waals surface area contributed by atoms with E-state index < -0.39 is 4.75 Å². The molecule has 2 nitrogen and oxygen atoms in total. The van der Waals surface area contributed by atoms with E-state index in [1.165, 1.54) is 36.6 Å². The van der Waals surface area contributed by atoms with Gasteiger partial charge >= 0.3 is 0 Å². The molecule has 0 amide bonds. The number of carbonyl (C=O) groups is 1. The van der Waals surface area contributed by atoms with Gasteiger partial charge < -0.3 is 5.11 Å². The van der Waals surface area contributed by atoms with Crippen LogP contribution in [-0.2, 0) is 4.79 Å². The summed E-state index contributed by atoms with van der Waals surface area (Å²) in [5.41, 5.74) is 1.73. The first-order valence-electron chi connectivity index (χ1n) is 6.55. The molecule has 0 bridgehead atoms. The second-order valence-corrected chi connectivity index (χ2v) is 6.61. The molecule has 0 fully saturated rings. The maximum Gasteiger partial charge on any atom is 0.219 e. The fourth-order valence-corrected chi connectivity index (χ4v) is 3.54. The zero-order chi connectivity index (χ0) is 13.2. The van der Waals surface area contributed by atoms with Crippen LogP contribution in [0.1, 0.15) is 46.0 Å². The maximum atomic E-state index is 11.7. The van der Waals surface area contributed by atoms with Crippen LogP contribution < -0.4 is 0 Å². The Morgan fingerprint density at radius 2 is 2.17 bits per heavy atom. The number of aliphatic hydroxyl groups excluding tert-OH is 1. The summed E-state index contributed by atoms with van der Waals surface area (Å²) in [6.45, 7) is 3.61. The number of thioether (sulfide) groups is 1. The van der Waals surface area contributed by atoms with Gasteiger partial charge in [-0.1, -0.05) is 42.0 Å². The highest BCUT2D eigenvalue weighted by atomic mass is 32.2. The Kier molecular flexibility index (Phi) is 4.00. The minimum absolute atomic E-state index is 0.0123. The highest BCUT2D eigenvalue weighted by Gasteiger charge is 2.40. The van der Waals surface area contributed by atoms with Crippen LogP contribution in [0.25, 0.3) is 0 Å². The molecular weight excluding hydrogens is 244 g/mol. The molecule has 3 heteroatoms. The van der Waals surface area contributed by atoms with E-state index in [1.807, 2.05) is 6.92 Å². The maximum absolute atomic E-state index is 11.7. The van der Waals surface area contributed by atoms with Crippen molar-refractivity contribution in [2.75, 3.05) is 0 Å². The van der Waals surface area contributed by atoms with Gasteiger partial charge in [0.25, 0.3) is 0 Å². The number of hydrogen-bond donors (Lipinski definition) is 1. The van der Waals surface area contributed by atoms with Gasteiger partial charge in [0.15, 0.2) is 0 Å². The molecule has 0 saturated carbocycles. The number of allylic oxidation sites excluding steroid dienone is 3. The monoisotopic (exact) mass is 264 g/mol. The van der Waals surface area contributed by atoms with Crippen molar-refractivity contribution in [3.63, 3.8) is 0 Å². The van der Waals surface area contributed by atoms with Crippen molar-refractivity contribution >= 4 is 16.9 Å². The molecule has 1 N–H and O–H groups in total. The number of aliphatic hydroxyl groups is 1. The van der Waals surface area contributed by atoms with Crippen LogP contribution in [0.4, 0.5) is 0 Å². The summed E-state index contributed by atoms with van der Waals surface area (Å²) < 4.78 is -0.569. The van der Waals surface area contributed by atoms with Gasteiger partial charge in [0.05, 0.1) is 4.75 Å². The van der Waals surface area contributed by atoms with Crippen LogP contribution in [0, 0.1) is 0 Å². The summed E-state index contributed by atoms with van der Waals surface area (Å²) in [5, 5.41) is 10.1. The molecule has 2 aliphatic rings. The van der Waals surface area contributed by atoms with E-state index in [-0.39, 0.29) is 10.9 Å². The van der Waals surface area contributed by atoms with Crippen LogP contribution >= 0.6 is 11.8 Å². The van der Waals surface area contributed by atoms with Crippen LogP contribution in [0.5, 0.6) is 0 Å². The lowest BCUT2D eigenvalue weighted by molar-refractivity contribution is -0.107. The molecular formula is C15H20O2S. The average molecular weight is 264 g/mol. The Balaban J connectivity index is 2.26. The summed E-state index contributed by atoms with van der Waals surface area (Å²) in [6.07, 6.45) is 12.3. The Morgan fingerprint density at radius 1 is 1.39 bits per heavy atom. The lowest BCUT2D eigenvalue weighted by atomic mass is 9.96. The second-order valence-electron chi connectivity index (χ2n) is 5.19. The van der Waals surface area contributed by atoms with E-state index in [0.717, 1.165) is 12.8 Å². The molecule has 98 valence electrons. The summed E-state index contributed by atoms with van der Waals surface area (Å²) in [6, 6.07) is 0. The minimum atomic E-state index is -0.569. The van der Waals surface area contributed by atoms with Gasteiger partial charge in [-0.15, -0.1) is 0 Å². The minimum Gasteiger partial charge on any atom is -0.510 e. The molecule has 0 radical (unpaired) electrons. The van der Waals surface area contributed by atoms with Crippen molar-refractivity contribution in [3.05, 3.63) is 35.1 Å². The third-order valence-corrected chi connectivity index (χ3v) is 4.79. The van der Waals surface area contributed by atoms with E-state index in [2.05, 4.69) is 18.2 Å². The molecule has 1 aliphatic heterocycles. The Bertz CT molecular complexity index is 445. The molecule has 2 rings (SSSR count). The highest BCUT2D eigenvalue weighted by molar-refractivity contribution is 8.16. The van der Waals surface area contributed by atoms with Crippen molar-refractivity contribution in [1.82, 2.24) is 0 Å². The van der Waals surface area contributed by atoms with Gasteiger partial charge in [0.2, 0.25) is 5.12 Å². The fraction of sp³-hybridized carbons (Fsp3) is 0.533. The summed E-state index contributed by atoms with van der Waals surface area (Å²) in [4.78, 5) is 11.7. The normalized spacial score (nSPS) is 33.7. The Morgan fingerprint density at radius 3 is 2.83 bits per heavy atom. The van der Waals surface area contributed by atoms with Gasteiger partial charge in [-0.25, -0.2) is 0 Å². The van der Waals surface area contributed by atoms with Gasteiger partial charge in [0, 0.05) is 5.57 Å². The standard InChI is InChI=1S/C15H20O2S/c1-11-13(16)15(2,18-14(11)17)10-12-8-6-4-3-5-7-9-12/h6,8,10,16H,3-5,7,9H2,1-2H3/b8-6-,12-10-/t15-/m1/s1. The molecule has 0 spiro atoms. The fourth-order valence-electron chi connectivity index (χ4n) is 2.44. The zero-order valence-electron chi connectivity index (χ0n) is 11.0. The first-order valence-corrected chi connectivity index (χ1v) is 7.36. The molecule has 18 heavy (non-hydrogen) atoms. The van der Waals surface area contributed by atoms with Crippen LogP contribution in [0.2, 0.25) is 0 Å². The van der Waals surface area contributed by atoms with Crippen molar-refractivity contribution in [2.45, 2.75) is 50.7 Å². The van der Waals surface area contributed by atoms with E-state index in [9.17, 15) is 9.90 Å². The third kappa shape index (κ3) is 2.72. The topological polar surface area (TPSA) is 37.3 Å². The molecule has 1 heterocycles. The predicted molar refractivity (Wildman–Crippen MR) is 76.6 cm³/mol. The number of carbonyl (C=O) groups excluding carboxylic acids is 1. The molecule has 0 aromatic heterocycles. The van der Waals surface area contributed by atoms with Crippen molar-refractivity contribution in [2.24, 2.45) is 0 Å². The van der Waals surface area contributed by atoms with Crippen LogP contribution in [-0.4, -0.2) is 15.0 Å². The van der Waals surface area contributed by atoms with Gasteiger partial charge in [-0.05, 0) is 39.5 Å². The summed E-state index contributed by atoms with van der Waals surface area (Å²) in [5.74, 6) is 0.223. The molecule has 0 aromatic carbocycles. The first-order chi connectivity index (χ1) is 8.53. The summed E-state index contributed by atoms with van der Waals surface area (Å²) >= 11 is 1.22.